The minimum atomic E-state index is 0.146. The molecule has 1 amide bonds. The van der Waals surface area contributed by atoms with E-state index in [-0.39, 0.29) is 5.92 Å². The molecule has 1 heterocycles. The molecule has 94 valence electrons. The van der Waals surface area contributed by atoms with E-state index in [1.54, 1.807) is 11.8 Å². The number of carbonyl (C=O) groups is 1. The van der Waals surface area contributed by atoms with Gasteiger partial charge in [-0.15, -0.1) is 0 Å². The van der Waals surface area contributed by atoms with E-state index in [1.807, 2.05) is 18.9 Å². The van der Waals surface area contributed by atoms with E-state index in [9.17, 15) is 4.79 Å². The summed E-state index contributed by atoms with van der Waals surface area (Å²) < 4.78 is 0. The lowest BCUT2D eigenvalue weighted by atomic mass is 10.0. The Kier molecular flexibility index (Phi) is 5.62. The second-order valence-electron chi connectivity index (χ2n) is 4.86. The maximum Gasteiger partial charge on any atom is 0.226 e. The average molecular weight is 244 g/mol. The fraction of sp³-hybridized carbons (Fsp3) is 0.917. The number of hydrogen-bond donors (Lipinski definition) is 0. The van der Waals surface area contributed by atoms with Gasteiger partial charge in [-0.2, -0.15) is 11.8 Å². The summed E-state index contributed by atoms with van der Waals surface area (Å²) in [5, 5.41) is 0. The molecule has 0 spiro atoms. The molecule has 0 aliphatic carbocycles. The van der Waals surface area contributed by atoms with Crippen LogP contribution in [0.15, 0.2) is 0 Å². The average Bonchev–Trinajstić information content (AvgIpc) is 2.27. The zero-order chi connectivity index (χ0) is 12.1. The highest BCUT2D eigenvalue weighted by atomic mass is 32.2. The Bertz CT molecular complexity index is 235. The maximum absolute atomic E-state index is 12.1. The summed E-state index contributed by atoms with van der Waals surface area (Å²) >= 11 is 1.74. The third kappa shape index (κ3) is 3.67. The maximum atomic E-state index is 12.1. The van der Waals surface area contributed by atoms with Gasteiger partial charge in [0.05, 0.1) is 0 Å². The molecule has 0 aromatic heterocycles. The van der Waals surface area contributed by atoms with Crippen LogP contribution in [0, 0.1) is 5.92 Å². The van der Waals surface area contributed by atoms with Crippen LogP contribution in [0.1, 0.15) is 19.8 Å². The fourth-order valence-electron chi connectivity index (χ4n) is 2.30. The first kappa shape index (κ1) is 13.8. The Balaban J connectivity index is 2.48. The number of likely N-dealkylation sites (N-methyl/N-ethyl adjacent to an activating group) is 2. The Morgan fingerprint density at radius 1 is 1.62 bits per heavy atom. The van der Waals surface area contributed by atoms with Crippen molar-refractivity contribution in [2.45, 2.75) is 25.8 Å². The van der Waals surface area contributed by atoms with Crippen molar-refractivity contribution in [1.82, 2.24) is 9.80 Å². The molecule has 1 aliphatic rings. The van der Waals surface area contributed by atoms with Crippen LogP contribution in [-0.2, 0) is 4.79 Å². The molecule has 0 saturated carbocycles. The monoisotopic (exact) mass is 244 g/mol. The van der Waals surface area contributed by atoms with Crippen molar-refractivity contribution in [3.8, 4) is 0 Å². The van der Waals surface area contributed by atoms with Gasteiger partial charge in [-0.05, 0) is 32.7 Å². The molecule has 1 fully saturated rings. The molecule has 1 rings (SSSR count). The van der Waals surface area contributed by atoms with Crippen LogP contribution in [0.5, 0.6) is 0 Å². The lowest BCUT2D eigenvalue weighted by Crippen LogP contribution is -2.48. The molecule has 2 unspecified atom stereocenters. The second kappa shape index (κ2) is 6.50. The first-order valence-corrected chi connectivity index (χ1v) is 7.39. The molecular formula is C12H24N2OS. The third-order valence-corrected chi connectivity index (χ3v) is 4.17. The van der Waals surface area contributed by atoms with Gasteiger partial charge in [0.15, 0.2) is 0 Å². The quantitative estimate of drug-likeness (QED) is 0.749. The summed E-state index contributed by atoms with van der Waals surface area (Å²) in [5.41, 5.74) is 0. The zero-order valence-corrected chi connectivity index (χ0v) is 11.7. The molecule has 0 N–H and O–H groups in total. The molecule has 3 nitrogen and oxygen atoms in total. The Hall–Kier alpha value is -0.220. The number of thioether (sulfide) groups is 1. The van der Waals surface area contributed by atoms with E-state index in [4.69, 9.17) is 0 Å². The van der Waals surface area contributed by atoms with Crippen LogP contribution in [0.3, 0.4) is 0 Å². The van der Waals surface area contributed by atoms with Crippen LogP contribution in [0.4, 0.5) is 0 Å². The summed E-state index contributed by atoms with van der Waals surface area (Å²) in [6.07, 6.45) is 4.41. The molecule has 1 saturated heterocycles. The fourth-order valence-corrected chi connectivity index (χ4v) is 2.95. The van der Waals surface area contributed by atoms with Crippen LogP contribution in [-0.4, -0.2) is 60.9 Å². The number of nitrogens with zero attached hydrogens (tertiary/aromatic N) is 2. The van der Waals surface area contributed by atoms with E-state index < -0.39 is 0 Å². The zero-order valence-electron chi connectivity index (χ0n) is 10.9. The van der Waals surface area contributed by atoms with E-state index in [0.29, 0.717) is 11.9 Å². The molecule has 2 atom stereocenters. The van der Waals surface area contributed by atoms with Crippen molar-refractivity contribution >= 4 is 17.7 Å². The molecule has 16 heavy (non-hydrogen) atoms. The van der Waals surface area contributed by atoms with Gasteiger partial charge in [-0.1, -0.05) is 6.92 Å². The highest BCUT2D eigenvalue weighted by Crippen LogP contribution is 2.16. The van der Waals surface area contributed by atoms with Gasteiger partial charge in [0.25, 0.3) is 0 Å². The second-order valence-corrected chi connectivity index (χ2v) is 5.77. The lowest BCUT2D eigenvalue weighted by Gasteiger charge is -2.36. The molecule has 0 aromatic rings. The predicted molar refractivity (Wildman–Crippen MR) is 70.8 cm³/mol. The smallest absolute Gasteiger partial charge is 0.226 e. The normalized spacial score (nSPS) is 24.1. The molecule has 1 aliphatic heterocycles. The number of hydrogen-bond acceptors (Lipinski definition) is 3. The van der Waals surface area contributed by atoms with E-state index in [1.165, 1.54) is 13.0 Å². The van der Waals surface area contributed by atoms with Gasteiger partial charge in [-0.25, -0.2) is 0 Å². The summed E-state index contributed by atoms with van der Waals surface area (Å²) in [6.45, 7) is 4.22. The minimum absolute atomic E-state index is 0.146. The first-order valence-electron chi connectivity index (χ1n) is 6.00. The number of carbonyl (C=O) groups excluding carboxylic acids is 1. The van der Waals surface area contributed by atoms with Gasteiger partial charge in [0.2, 0.25) is 5.91 Å². The number of rotatable bonds is 4. The van der Waals surface area contributed by atoms with E-state index >= 15 is 0 Å². The number of amides is 1. The predicted octanol–water partition coefficient (Wildman–Crippen LogP) is 1.54. The van der Waals surface area contributed by atoms with Crippen molar-refractivity contribution in [3.63, 3.8) is 0 Å². The topological polar surface area (TPSA) is 23.6 Å². The van der Waals surface area contributed by atoms with Gasteiger partial charge in [0.1, 0.15) is 0 Å². The standard InChI is InChI=1S/C12H24N2OS/c1-10(9-16-4)12(15)14(3)11-6-5-7-13(2)8-11/h10-11H,5-9H2,1-4H3. The van der Waals surface area contributed by atoms with Crippen molar-refractivity contribution in [1.29, 1.82) is 0 Å². The van der Waals surface area contributed by atoms with Gasteiger partial charge in [0, 0.05) is 31.3 Å². The Morgan fingerprint density at radius 3 is 2.88 bits per heavy atom. The summed E-state index contributed by atoms with van der Waals surface area (Å²) in [4.78, 5) is 16.4. The van der Waals surface area contributed by atoms with Crippen molar-refractivity contribution in [2.75, 3.05) is 39.2 Å². The highest BCUT2D eigenvalue weighted by molar-refractivity contribution is 7.98. The van der Waals surface area contributed by atoms with Crippen LogP contribution in [0.2, 0.25) is 0 Å². The van der Waals surface area contributed by atoms with Gasteiger partial charge >= 0.3 is 0 Å². The lowest BCUT2D eigenvalue weighted by molar-refractivity contribution is -0.136. The summed E-state index contributed by atoms with van der Waals surface area (Å²) in [5.74, 6) is 1.37. The SMILES string of the molecule is CSCC(C)C(=O)N(C)C1CCCN(C)C1. The third-order valence-electron chi connectivity index (χ3n) is 3.33. The summed E-state index contributed by atoms with van der Waals surface area (Å²) in [6, 6.07) is 0.413. The van der Waals surface area contributed by atoms with Gasteiger partial charge < -0.3 is 9.80 Å². The van der Waals surface area contributed by atoms with Crippen molar-refractivity contribution in [3.05, 3.63) is 0 Å². The molecular weight excluding hydrogens is 220 g/mol. The van der Waals surface area contributed by atoms with E-state index in [2.05, 4.69) is 18.2 Å². The Labute approximate surface area is 104 Å². The van der Waals surface area contributed by atoms with Crippen LogP contribution in [0.25, 0.3) is 0 Å². The summed E-state index contributed by atoms with van der Waals surface area (Å²) in [7, 11) is 4.10. The van der Waals surface area contributed by atoms with Gasteiger partial charge in [-0.3, -0.25) is 4.79 Å². The molecule has 0 aromatic carbocycles. The Morgan fingerprint density at radius 2 is 2.31 bits per heavy atom. The minimum Gasteiger partial charge on any atom is -0.341 e. The molecule has 4 heteroatoms. The van der Waals surface area contributed by atoms with E-state index in [0.717, 1.165) is 18.7 Å². The molecule has 0 bridgehead atoms. The molecule has 0 radical (unpaired) electrons. The number of likely N-dealkylation sites (tertiary alicyclic amines) is 1. The largest absolute Gasteiger partial charge is 0.341 e. The van der Waals surface area contributed by atoms with Crippen LogP contribution < -0.4 is 0 Å². The van der Waals surface area contributed by atoms with Crippen molar-refractivity contribution < 1.29 is 4.79 Å². The first-order chi connectivity index (χ1) is 7.56. The van der Waals surface area contributed by atoms with Crippen molar-refractivity contribution in [2.24, 2.45) is 5.92 Å². The highest BCUT2D eigenvalue weighted by Gasteiger charge is 2.26. The number of piperidine rings is 1. The van der Waals surface area contributed by atoms with Crippen LogP contribution >= 0.6 is 11.8 Å².